The van der Waals surface area contributed by atoms with Gasteiger partial charge in [0.1, 0.15) is 41.3 Å². The molecule has 6 rings (SSSR count). The number of carbonyl (C=O) groups excluding carboxylic acids is 6. The Labute approximate surface area is 450 Å². The minimum absolute atomic E-state index is 0.0655. The molecule has 18 nitrogen and oxygen atoms in total. The number of furan rings is 2. The predicted octanol–water partition coefficient (Wildman–Crippen LogP) is 10.2. The molecule has 1 amide bonds. The summed E-state index contributed by atoms with van der Waals surface area (Å²) in [7, 11) is -5.77. The second kappa shape index (κ2) is 22.3. The zero-order chi connectivity index (χ0) is 56.9. The highest BCUT2D eigenvalue weighted by atomic mass is 28.4. The molecule has 4 aliphatic rings. The van der Waals surface area contributed by atoms with Crippen molar-refractivity contribution >= 4 is 52.4 Å². The van der Waals surface area contributed by atoms with Crippen molar-refractivity contribution < 1.29 is 80.0 Å². The van der Waals surface area contributed by atoms with E-state index in [1.54, 1.807) is 60.6 Å². The molecule has 0 radical (unpaired) electrons. The third-order valence-corrected chi connectivity index (χ3v) is 28.3. The second-order valence-corrected chi connectivity index (χ2v) is 34.3. The number of fused-ring (bicyclic) bond motifs is 5. The van der Waals surface area contributed by atoms with Crippen molar-refractivity contribution in [1.82, 2.24) is 5.32 Å². The normalized spacial score (nSPS) is 29.3. The van der Waals surface area contributed by atoms with E-state index in [0.29, 0.717) is 18.1 Å². The van der Waals surface area contributed by atoms with Gasteiger partial charge in [-0.05, 0) is 105 Å². The number of esters is 4. The summed E-state index contributed by atoms with van der Waals surface area (Å²) in [5.74, 6) is -5.74. The van der Waals surface area contributed by atoms with Gasteiger partial charge in [-0.3, -0.25) is 14.4 Å². The molecule has 3 heterocycles. The van der Waals surface area contributed by atoms with Crippen LogP contribution in [0.2, 0.25) is 34.8 Å². The summed E-state index contributed by atoms with van der Waals surface area (Å²) in [4.78, 5) is 88.1. The topological polar surface area (TPSA) is 235 Å². The highest BCUT2D eigenvalue weighted by Gasteiger charge is 2.79. The number of rotatable bonds is 19. The number of ketones is 1. The van der Waals surface area contributed by atoms with Crippen molar-refractivity contribution in [3.05, 3.63) is 59.5 Å². The standard InChI is InChI=1S/C56H85NO17Si2/c1-19-75(20-2,21-3)73-40-28-41-55(30-67-41,71-36(12)59)46-48(70-49(61)38-25-23-27-66-38)56(64)29-39(34(10)42(53(56,16)17)44(68-35(11)58)47(60)54(40,46)18)69-50(62)45(74-76(31(4)5,32(6)7)33(8)9)43(37-24-22-26-65-37)57-51(63)72-52(13,14)15/h22-27,31-33,39-41,43-46,48,64H,19-21,28-30H2,1-18H3,(H,57,63)/t39-,40-,41+,43-,44+,45+,46-,48-,54+,55-,56+/m0/s1. The summed E-state index contributed by atoms with van der Waals surface area (Å²) < 4.78 is 64.2. The van der Waals surface area contributed by atoms with Crippen molar-refractivity contribution in [2.24, 2.45) is 16.7 Å². The SMILES string of the molecule is CC[Si](CC)(CC)O[C@H]1C[C@H]2OC[C@@]2(OC(C)=O)[C@H]2[C@H](OC(=O)c3ccco3)[C@]3(O)C[C@H](OC(=O)[C@H](O[Si](C(C)C)(C(C)C)C(C)C)[C@@H](NC(=O)OC(C)(C)C)c4ccco4)C(C)=C([C@@H](OC(C)=O)C(=O)[C@]12C)C3(C)C. The largest absolute Gasteiger partial charge is 0.467 e. The lowest BCUT2D eigenvalue weighted by molar-refractivity contribution is -0.344. The van der Waals surface area contributed by atoms with Gasteiger partial charge in [0.05, 0.1) is 36.6 Å². The molecular formula is C56H85NO17Si2. The van der Waals surface area contributed by atoms with Crippen molar-refractivity contribution in [2.45, 2.75) is 232 Å². The highest BCUT2D eigenvalue weighted by Crippen LogP contribution is 2.65. The first kappa shape index (κ1) is 60.6. The number of alkyl carbamates (subject to hydrolysis) is 1. The van der Waals surface area contributed by atoms with Crippen LogP contribution in [0.1, 0.15) is 160 Å². The molecule has 20 heteroatoms. The monoisotopic (exact) mass is 1100 g/mol. The summed E-state index contributed by atoms with van der Waals surface area (Å²) in [6, 6.07) is 6.81. The van der Waals surface area contributed by atoms with Crippen molar-refractivity contribution in [3.8, 4) is 0 Å². The fourth-order valence-corrected chi connectivity index (χ4v) is 22.0. The Morgan fingerprint density at radius 3 is 1.92 bits per heavy atom. The average Bonchev–Trinajstić information content (AvgIpc) is 4.06. The fourth-order valence-electron chi connectivity index (χ4n) is 13.6. The van der Waals surface area contributed by atoms with Crippen molar-refractivity contribution in [2.75, 3.05) is 6.61 Å². The Morgan fingerprint density at radius 1 is 0.855 bits per heavy atom. The fraction of sp³-hybridized carbons (Fsp3) is 0.714. The van der Waals surface area contributed by atoms with Crippen molar-refractivity contribution in [3.63, 3.8) is 0 Å². The van der Waals surface area contributed by atoms with E-state index in [4.69, 9.17) is 46.1 Å². The molecule has 3 aliphatic carbocycles. The van der Waals surface area contributed by atoms with Crippen LogP contribution in [0.4, 0.5) is 4.79 Å². The van der Waals surface area contributed by atoms with Gasteiger partial charge in [-0.15, -0.1) is 0 Å². The number of carbonyl (C=O) groups is 6. The molecule has 1 saturated heterocycles. The van der Waals surface area contributed by atoms with E-state index in [1.165, 1.54) is 38.5 Å². The number of Topliss-reactive ketones (excluding diaryl/α,β-unsaturated/α-hetero) is 1. The molecule has 3 fully saturated rings. The third-order valence-electron chi connectivity index (χ3n) is 17.5. The lowest BCUT2D eigenvalue weighted by Crippen LogP contribution is -2.82. The maximum absolute atomic E-state index is 16.6. The molecule has 1 aliphatic heterocycles. The van der Waals surface area contributed by atoms with Crippen LogP contribution in [0.5, 0.6) is 0 Å². The number of amides is 1. The molecule has 0 aromatic carbocycles. The van der Waals surface area contributed by atoms with Crippen LogP contribution >= 0.6 is 0 Å². The lowest BCUT2D eigenvalue weighted by atomic mass is 9.44. The number of ether oxygens (including phenoxy) is 6. The highest BCUT2D eigenvalue weighted by molar-refractivity contribution is 6.77. The van der Waals surface area contributed by atoms with E-state index in [9.17, 15) is 24.3 Å². The van der Waals surface area contributed by atoms with Crippen LogP contribution in [-0.4, -0.2) is 118 Å². The zero-order valence-electron chi connectivity index (χ0n) is 48.0. The van der Waals surface area contributed by atoms with Gasteiger partial charge >= 0.3 is 30.0 Å². The maximum atomic E-state index is 16.6. The molecule has 424 valence electrons. The van der Waals surface area contributed by atoms with E-state index >= 15 is 9.59 Å². The first-order chi connectivity index (χ1) is 35.3. The van der Waals surface area contributed by atoms with Gasteiger partial charge in [0.25, 0.3) is 0 Å². The van der Waals surface area contributed by atoms with Gasteiger partial charge in [0.15, 0.2) is 31.9 Å². The van der Waals surface area contributed by atoms with Crippen LogP contribution in [0.25, 0.3) is 0 Å². The molecule has 2 saturated carbocycles. The van der Waals surface area contributed by atoms with Gasteiger partial charge < -0.3 is 56.5 Å². The van der Waals surface area contributed by atoms with E-state index in [1.807, 2.05) is 62.3 Å². The first-order valence-corrected chi connectivity index (χ1v) is 31.7. The molecule has 76 heavy (non-hydrogen) atoms. The number of hydrogen-bond acceptors (Lipinski definition) is 17. The smallest absolute Gasteiger partial charge is 0.408 e. The molecule has 2 N–H and O–H groups in total. The minimum Gasteiger partial charge on any atom is -0.467 e. The van der Waals surface area contributed by atoms with Gasteiger partial charge in [-0.1, -0.05) is 76.2 Å². The van der Waals surface area contributed by atoms with E-state index in [2.05, 4.69) is 5.32 Å². The molecule has 2 aromatic heterocycles. The zero-order valence-corrected chi connectivity index (χ0v) is 50.0. The molecule has 11 atom stereocenters. The number of nitrogens with one attached hydrogen (secondary N) is 1. The Balaban J connectivity index is 1.66. The molecular weight excluding hydrogens is 1010 g/mol. The van der Waals surface area contributed by atoms with E-state index < -0.39 is 135 Å². The lowest BCUT2D eigenvalue weighted by Gasteiger charge is -2.68. The molecule has 2 aromatic rings. The Bertz CT molecular complexity index is 2440. The average molecular weight is 1100 g/mol. The molecule has 2 bridgehead atoms. The van der Waals surface area contributed by atoms with Crippen LogP contribution in [0.15, 0.2) is 56.8 Å². The predicted molar refractivity (Wildman–Crippen MR) is 284 cm³/mol. The first-order valence-electron chi connectivity index (χ1n) is 27.1. The van der Waals surface area contributed by atoms with E-state index in [-0.39, 0.29) is 52.3 Å². The van der Waals surface area contributed by atoms with Gasteiger partial charge in [0.2, 0.25) is 14.1 Å². The number of hydrogen-bond donors (Lipinski definition) is 2. The van der Waals surface area contributed by atoms with Crippen LogP contribution in [0.3, 0.4) is 0 Å². The van der Waals surface area contributed by atoms with Crippen LogP contribution in [0, 0.1) is 16.7 Å². The summed E-state index contributed by atoms with van der Waals surface area (Å²) in [5.41, 5.74) is -8.45. The summed E-state index contributed by atoms with van der Waals surface area (Å²) >= 11 is 0. The Hall–Kier alpha value is -4.61. The van der Waals surface area contributed by atoms with Crippen LogP contribution < -0.4 is 5.32 Å². The Morgan fingerprint density at radius 2 is 1.45 bits per heavy atom. The van der Waals surface area contributed by atoms with Crippen LogP contribution in [-0.2, 0) is 56.5 Å². The molecule has 0 spiro atoms. The Kier molecular flexibility index (Phi) is 17.8. The maximum Gasteiger partial charge on any atom is 0.408 e. The van der Waals surface area contributed by atoms with Crippen molar-refractivity contribution in [1.29, 1.82) is 0 Å². The molecule has 0 unspecified atom stereocenters. The van der Waals surface area contributed by atoms with Gasteiger partial charge in [-0.25, -0.2) is 14.4 Å². The summed E-state index contributed by atoms with van der Waals surface area (Å²) in [6.45, 7) is 32.2. The summed E-state index contributed by atoms with van der Waals surface area (Å²) in [6.07, 6.45) is -7.15. The summed E-state index contributed by atoms with van der Waals surface area (Å²) in [5, 5.41) is 17.2. The second-order valence-electron chi connectivity index (χ2n) is 24.1. The number of aliphatic hydroxyl groups is 1. The third kappa shape index (κ3) is 10.7. The van der Waals surface area contributed by atoms with Gasteiger partial charge in [0, 0.05) is 32.1 Å². The quantitative estimate of drug-likeness (QED) is 0.0576. The van der Waals surface area contributed by atoms with E-state index in [0.717, 1.165) is 0 Å². The minimum atomic E-state index is -3.10. The van der Waals surface area contributed by atoms with Gasteiger partial charge in [-0.2, -0.15) is 0 Å².